The van der Waals surface area contributed by atoms with Crippen molar-refractivity contribution in [3.05, 3.63) is 29.3 Å². The van der Waals surface area contributed by atoms with Crippen molar-refractivity contribution >= 4 is 5.69 Å². The fourth-order valence-electron chi connectivity index (χ4n) is 2.10. The van der Waals surface area contributed by atoms with E-state index >= 15 is 0 Å². The fourth-order valence-corrected chi connectivity index (χ4v) is 2.10. The summed E-state index contributed by atoms with van der Waals surface area (Å²) in [4.78, 5) is 2.49. The molecule has 1 aliphatic rings. The molecule has 1 aliphatic heterocycles. The van der Waals surface area contributed by atoms with Gasteiger partial charge >= 0.3 is 0 Å². The molecule has 13 heavy (non-hydrogen) atoms. The predicted molar refractivity (Wildman–Crippen MR) is 57.4 cm³/mol. The minimum Gasteiger partial charge on any atom is -0.371 e. The fraction of sp³-hybridized carbons (Fsp3) is 0.500. The maximum atomic E-state index is 2.49. The smallest absolute Gasteiger partial charge is 0.0399 e. The van der Waals surface area contributed by atoms with Gasteiger partial charge in [0.25, 0.3) is 0 Å². The van der Waals surface area contributed by atoms with Crippen LogP contribution in [0.2, 0.25) is 0 Å². The van der Waals surface area contributed by atoms with Crippen molar-refractivity contribution < 1.29 is 0 Å². The molecule has 0 bridgehead atoms. The van der Waals surface area contributed by atoms with Crippen LogP contribution in [-0.2, 0) is 6.42 Å². The minimum absolute atomic E-state index is 1.20. The zero-order valence-corrected chi connectivity index (χ0v) is 8.51. The Morgan fingerprint density at radius 1 is 1.38 bits per heavy atom. The van der Waals surface area contributed by atoms with Crippen LogP contribution in [0, 0.1) is 6.92 Å². The van der Waals surface area contributed by atoms with Gasteiger partial charge in [-0.05, 0) is 31.4 Å². The molecule has 0 aliphatic carbocycles. The van der Waals surface area contributed by atoms with Crippen LogP contribution in [-0.4, -0.2) is 13.1 Å². The average molecular weight is 175 g/mol. The van der Waals surface area contributed by atoms with Gasteiger partial charge in [0, 0.05) is 18.8 Å². The summed E-state index contributed by atoms with van der Waals surface area (Å²) >= 11 is 0. The van der Waals surface area contributed by atoms with E-state index in [-0.39, 0.29) is 0 Å². The first-order valence-corrected chi connectivity index (χ1v) is 5.15. The van der Waals surface area contributed by atoms with E-state index in [1.165, 1.54) is 42.7 Å². The van der Waals surface area contributed by atoms with Gasteiger partial charge in [0.05, 0.1) is 0 Å². The van der Waals surface area contributed by atoms with Crippen molar-refractivity contribution in [3.8, 4) is 0 Å². The van der Waals surface area contributed by atoms with Gasteiger partial charge in [0.15, 0.2) is 0 Å². The van der Waals surface area contributed by atoms with E-state index in [4.69, 9.17) is 0 Å². The van der Waals surface area contributed by atoms with Crippen LogP contribution in [0.3, 0.4) is 0 Å². The van der Waals surface area contributed by atoms with Gasteiger partial charge in [-0.2, -0.15) is 0 Å². The standard InChI is InChI=1S/C12H17N/c1-3-7-13-8-6-11-9-10(2)4-5-12(11)13/h4-5,9H,3,6-8H2,1-2H3. The largest absolute Gasteiger partial charge is 0.371 e. The number of hydrogen-bond acceptors (Lipinski definition) is 1. The van der Waals surface area contributed by atoms with Crippen LogP contribution in [0.25, 0.3) is 0 Å². The van der Waals surface area contributed by atoms with Gasteiger partial charge in [-0.1, -0.05) is 24.6 Å². The van der Waals surface area contributed by atoms with E-state index in [1.807, 2.05) is 0 Å². The number of anilines is 1. The van der Waals surface area contributed by atoms with Crippen molar-refractivity contribution in [2.45, 2.75) is 26.7 Å². The van der Waals surface area contributed by atoms with Gasteiger partial charge in [-0.25, -0.2) is 0 Å². The molecular formula is C12H17N. The van der Waals surface area contributed by atoms with Crippen LogP contribution in [0.15, 0.2) is 18.2 Å². The van der Waals surface area contributed by atoms with Gasteiger partial charge in [-0.15, -0.1) is 0 Å². The molecule has 70 valence electrons. The molecule has 0 amide bonds. The Balaban J connectivity index is 2.27. The summed E-state index contributed by atoms with van der Waals surface area (Å²) in [5.41, 5.74) is 4.39. The van der Waals surface area contributed by atoms with Crippen molar-refractivity contribution in [1.82, 2.24) is 0 Å². The second kappa shape index (κ2) is 3.41. The normalized spacial score (nSPS) is 14.8. The van der Waals surface area contributed by atoms with E-state index in [2.05, 4.69) is 36.9 Å². The van der Waals surface area contributed by atoms with E-state index < -0.39 is 0 Å². The van der Waals surface area contributed by atoms with E-state index in [1.54, 1.807) is 0 Å². The van der Waals surface area contributed by atoms with Crippen LogP contribution < -0.4 is 4.90 Å². The summed E-state index contributed by atoms with van der Waals surface area (Å²) in [6, 6.07) is 6.81. The van der Waals surface area contributed by atoms with E-state index in [0.29, 0.717) is 0 Å². The summed E-state index contributed by atoms with van der Waals surface area (Å²) in [5, 5.41) is 0. The molecule has 1 nitrogen and oxygen atoms in total. The number of benzene rings is 1. The SMILES string of the molecule is CCCN1CCc2cc(C)ccc21. The molecule has 0 N–H and O–H groups in total. The number of nitrogens with zero attached hydrogens (tertiary/aromatic N) is 1. The van der Waals surface area contributed by atoms with Crippen molar-refractivity contribution in [2.75, 3.05) is 18.0 Å². The Morgan fingerprint density at radius 3 is 3.00 bits per heavy atom. The van der Waals surface area contributed by atoms with Crippen LogP contribution in [0.4, 0.5) is 5.69 Å². The second-order valence-electron chi connectivity index (χ2n) is 3.87. The molecule has 1 aromatic carbocycles. The lowest BCUT2D eigenvalue weighted by Crippen LogP contribution is -2.20. The second-order valence-corrected chi connectivity index (χ2v) is 3.87. The Labute approximate surface area is 80.4 Å². The Kier molecular flexibility index (Phi) is 2.26. The average Bonchev–Trinajstić information content (AvgIpc) is 2.49. The lowest BCUT2D eigenvalue weighted by Gasteiger charge is -2.18. The molecule has 0 saturated carbocycles. The molecule has 0 atom stereocenters. The molecule has 2 rings (SSSR count). The monoisotopic (exact) mass is 175 g/mol. The predicted octanol–water partition coefficient (Wildman–Crippen LogP) is 2.77. The maximum absolute atomic E-state index is 2.49. The summed E-state index contributed by atoms with van der Waals surface area (Å²) in [6.07, 6.45) is 2.48. The number of fused-ring (bicyclic) bond motifs is 1. The first-order chi connectivity index (χ1) is 6.31. The topological polar surface area (TPSA) is 3.24 Å². The third-order valence-corrected chi connectivity index (χ3v) is 2.72. The lowest BCUT2D eigenvalue weighted by atomic mass is 10.1. The van der Waals surface area contributed by atoms with Gasteiger partial charge in [0.2, 0.25) is 0 Å². The first-order valence-electron chi connectivity index (χ1n) is 5.15. The quantitative estimate of drug-likeness (QED) is 0.668. The molecule has 1 heterocycles. The van der Waals surface area contributed by atoms with Crippen molar-refractivity contribution in [3.63, 3.8) is 0 Å². The van der Waals surface area contributed by atoms with Crippen LogP contribution >= 0.6 is 0 Å². The maximum Gasteiger partial charge on any atom is 0.0399 e. The molecule has 0 spiro atoms. The molecule has 1 heteroatoms. The Hall–Kier alpha value is -0.980. The third-order valence-electron chi connectivity index (χ3n) is 2.72. The van der Waals surface area contributed by atoms with Gasteiger partial charge in [-0.3, -0.25) is 0 Å². The van der Waals surface area contributed by atoms with Crippen molar-refractivity contribution in [2.24, 2.45) is 0 Å². The first kappa shape index (κ1) is 8.61. The molecule has 0 aromatic heterocycles. The third kappa shape index (κ3) is 1.55. The number of rotatable bonds is 2. The highest BCUT2D eigenvalue weighted by molar-refractivity contribution is 5.58. The van der Waals surface area contributed by atoms with E-state index in [9.17, 15) is 0 Å². The van der Waals surface area contributed by atoms with Gasteiger partial charge in [0.1, 0.15) is 0 Å². The molecule has 1 aromatic rings. The zero-order chi connectivity index (χ0) is 9.26. The van der Waals surface area contributed by atoms with Crippen LogP contribution in [0.5, 0.6) is 0 Å². The summed E-state index contributed by atoms with van der Waals surface area (Å²) in [7, 11) is 0. The Morgan fingerprint density at radius 2 is 2.23 bits per heavy atom. The van der Waals surface area contributed by atoms with E-state index in [0.717, 1.165) is 0 Å². The van der Waals surface area contributed by atoms with Crippen molar-refractivity contribution in [1.29, 1.82) is 0 Å². The highest BCUT2D eigenvalue weighted by atomic mass is 15.1. The van der Waals surface area contributed by atoms with Gasteiger partial charge < -0.3 is 4.90 Å². The molecule has 0 fully saturated rings. The molecular weight excluding hydrogens is 158 g/mol. The summed E-state index contributed by atoms with van der Waals surface area (Å²) in [6.45, 7) is 6.83. The highest BCUT2D eigenvalue weighted by Crippen LogP contribution is 2.28. The minimum atomic E-state index is 1.20. The molecule has 0 unspecified atom stereocenters. The number of aryl methyl sites for hydroxylation is 1. The number of hydrogen-bond donors (Lipinski definition) is 0. The Bertz CT molecular complexity index is 304. The highest BCUT2D eigenvalue weighted by Gasteiger charge is 2.17. The van der Waals surface area contributed by atoms with Crippen LogP contribution in [0.1, 0.15) is 24.5 Å². The summed E-state index contributed by atoms with van der Waals surface area (Å²) < 4.78 is 0. The molecule has 0 saturated heterocycles. The lowest BCUT2D eigenvalue weighted by molar-refractivity contribution is 0.796. The summed E-state index contributed by atoms with van der Waals surface area (Å²) in [5.74, 6) is 0. The molecule has 0 radical (unpaired) electrons. The zero-order valence-electron chi connectivity index (χ0n) is 8.51.